The number of carboxylic acid groups (broad SMARTS) is 1. The van der Waals surface area contributed by atoms with Gasteiger partial charge in [-0.1, -0.05) is 30.7 Å². The number of carbonyl (C=O) groups excluding carboxylic acids is 8. The largest absolute Gasteiger partial charge is 0.496 e. The van der Waals surface area contributed by atoms with Crippen LogP contribution >= 0.6 is 0 Å². The van der Waals surface area contributed by atoms with E-state index in [0.717, 1.165) is 0 Å². The van der Waals surface area contributed by atoms with Crippen LogP contribution in [-0.2, 0) is 49.7 Å². The van der Waals surface area contributed by atoms with E-state index >= 15 is 0 Å². The number of unbranched alkanes of at least 4 members (excludes halogenated alkanes) is 1. The maximum absolute atomic E-state index is 14.4. The van der Waals surface area contributed by atoms with Crippen LogP contribution < -0.4 is 75.0 Å². The molecule has 4 rings (SSSR count). The van der Waals surface area contributed by atoms with E-state index in [9.17, 15) is 43.2 Å². The lowest BCUT2D eigenvalue weighted by Crippen LogP contribution is -2.42. The van der Waals surface area contributed by atoms with Crippen LogP contribution in [0.1, 0.15) is 128 Å². The van der Waals surface area contributed by atoms with Crippen molar-refractivity contribution in [2.75, 3.05) is 41.5 Å². The van der Waals surface area contributed by atoms with Gasteiger partial charge in [0, 0.05) is 51.6 Å². The van der Waals surface area contributed by atoms with Crippen LogP contribution in [0.5, 0.6) is 23.0 Å². The predicted molar refractivity (Wildman–Crippen MR) is 324 cm³/mol. The van der Waals surface area contributed by atoms with E-state index in [1.165, 1.54) is 77.0 Å². The molecule has 0 aromatic heterocycles. The van der Waals surface area contributed by atoms with Crippen LogP contribution in [0.15, 0.2) is 82.8 Å². The second kappa shape index (κ2) is 34.8. The van der Waals surface area contributed by atoms with Crippen molar-refractivity contribution in [2.24, 2.45) is 50.1 Å². The molecule has 27 heteroatoms. The summed E-state index contributed by atoms with van der Waals surface area (Å²) in [6, 6.07) is 13.5. The number of nitrogens with one attached hydrogen (secondary N) is 4. The third kappa shape index (κ3) is 22.5. The number of hydrogen-bond donors (Lipinski definition) is 12. The van der Waals surface area contributed by atoms with Crippen molar-refractivity contribution in [3.63, 3.8) is 0 Å². The van der Waals surface area contributed by atoms with Crippen LogP contribution in [0.25, 0.3) is 0 Å². The molecule has 0 radical (unpaired) electrons. The first-order valence-corrected chi connectivity index (χ1v) is 27.8. The molecule has 0 bridgehead atoms. The highest BCUT2D eigenvalue weighted by Gasteiger charge is 2.29. The number of rotatable bonds is 39. The lowest BCUT2D eigenvalue weighted by Gasteiger charge is -2.21. The molecule has 4 aromatic rings. The number of aliphatic imine (C=N–C) groups is 2. The monoisotopic (exact) mass is 1210 g/mol. The Morgan fingerprint density at radius 3 is 1.09 bits per heavy atom. The van der Waals surface area contributed by atoms with Gasteiger partial charge in [0.15, 0.2) is 35.1 Å². The first kappa shape index (κ1) is 69.6. The molecule has 0 aliphatic rings. The van der Waals surface area contributed by atoms with Crippen molar-refractivity contribution in [3.05, 3.63) is 117 Å². The van der Waals surface area contributed by atoms with Gasteiger partial charge in [-0.3, -0.25) is 58.5 Å². The normalized spacial score (nSPS) is 12.1. The molecule has 0 aliphatic heterocycles. The molecule has 0 aliphatic carbocycles. The minimum atomic E-state index is -1.18. The van der Waals surface area contributed by atoms with E-state index < -0.39 is 76.9 Å². The number of methoxy groups -OCH3 is 4. The molecule has 0 heterocycles. The van der Waals surface area contributed by atoms with E-state index in [2.05, 4.69) is 25.9 Å². The van der Waals surface area contributed by atoms with Gasteiger partial charge in [0.1, 0.15) is 23.0 Å². The highest BCUT2D eigenvalue weighted by molar-refractivity contribution is 6.04. The minimum Gasteiger partial charge on any atom is -0.496 e. The molecule has 87 heavy (non-hydrogen) atoms. The smallest absolute Gasteiger partial charge is 0.303 e. The number of nitrogens with zero attached hydrogens (tertiary/aromatic N) is 2. The SMILES string of the molecule is COc1ccc(CC(=O)[C@@H](CCCCC(=N)N)NC(=O)c2cc(CC(=O)[C@@H](CCCN=C(N)N)NC(=O)c3cc(CC(=O)[C@@H](CCCN=C(N)N)NC(=O)c4cc(CC(=O)[C@H](N)CCC(=O)O)ccc4OC)ccc3OC)ccc2OC)cc1C(N)=O. The van der Waals surface area contributed by atoms with Crippen molar-refractivity contribution in [2.45, 2.75) is 114 Å². The Hall–Kier alpha value is -9.92. The number of nitrogens with two attached hydrogens (primary N) is 7. The summed E-state index contributed by atoms with van der Waals surface area (Å²) in [5, 5.41) is 25.1. The first-order valence-electron chi connectivity index (χ1n) is 27.8. The topological polar surface area (TPSA) is 478 Å². The molecule has 0 spiro atoms. The Labute approximate surface area is 503 Å². The lowest BCUT2D eigenvalue weighted by molar-refractivity contribution is -0.137. The van der Waals surface area contributed by atoms with Gasteiger partial charge in [-0.05, 0) is 116 Å². The maximum Gasteiger partial charge on any atom is 0.303 e. The average molecular weight is 1210 g/mol. The number of carboxylic acids is 1. The fourth-order valence-corrected chi connectivity index (χ4v) is 9.25. The zero-order chi connectivity index (χ0) is 64.3. The van der Waals surface area contributed by atoms with Gasteiger partial charge in [-0.25, -0.2) is 0 Å². The standard InChI is InChI=1S/C60H79N13O14/c1-84-49-18-13-33(25-37(49)55(64)80)30-46(75)42(9-5-6-12-53(62)63)71-56(81)39-27-35(15-20-51(39)86-3)31-48(77)44(11-8-24-70-60(67)68)73-58(83)40-28-36(16-21-52(40)87-4)32-47(76)43(10-7-23-69-59(65)66)72-57(82)38-26-34(14-19-50(38)85-2)29-45(74)41(61)17-22-54(78)79/h13-16,18-21,25-28,41-44H,5-12,17,22-24,29-32,61H2,1-4H3,(H3,62,63)(H2,64,80)(H,71,81)(H,72,82)(H,73,83)(H,78,79)(H4,65,66,69)(H4,67,68,70)/t41-,42-,43-,44-/m1/s1. The van der Waals surface area contributed by atoms with Crippen molar-refractivity contribution in [1.82, 2.24) is 16.0 Å². The zero-order valence-corrected chi connectivity index (χ0v) is 49.2. The summed E-state index contributed by atoms with van der Waals surface area (Å²) in [6.07, 6.45) is 0.436. The summed E-state index contributed by atoms with van der Waals surface area (Å²) in [4.78, 5) is 129. The average Bonchev–Trinajstić information content (AvgIpc) is 1.57. The summed E-state index contributed by atoms with van der Waals surface area (Å²) in [7, 11) is 5.38. The Bertz CT molecular complexity index is 3210. The van der Waals surface area contributed by atoms with Crippen molar-refractivity contribution in [1.29, 1.82) is 5.41 Å². The second-order valence-electron chi connectivity index (χ2n) is 20.4. The zero-order valence-electron chi connectivity index (χ0n) is 49.2. The number of amides is 4. The Morgan fingerprint density at radius 2 is 0.782 bits per heavy atom. The lowest BCUT2D eigenvalue weighted by atomic mass is 9.96. The van der Waals surface area contributed by atoms with Crippen molar-refractivity contribution >= 4 is 70.5 Å². The fourth-order valence-electron chi connectivity index (χ4n) is 9.25. The molecule has 4 atom stereocenters. The molecular formula is C60H79N13O14. The minimum absolute atomic E-state index is 0.00934. The predicted octanol–water partition coefficient (Wildman–Crippen LogP) is 1.46. The van der Waals surface area contributed by atoms with Crippen LogP contribution in [0.2, 0.25) is 0 Å². The number of Topliss-reactive ketones (excluding diaryl/α,β-unsaturated/α-hetero) is 4. The second-order valence-corrected chi connectivity index (χ2v) is 20.4. The number of amidine groups is 1. The van der Waals surface area contributed by atoms with Gasteiger partial charge in [0.05, 0.1) is 80.7 Å². The van der Waals surface area contributed by atoms with Gasteiger partial charge >= 0.3 is 5.97 Å². The van der Waals surface area contributed by atoms with E-state index in [1.54, 1.807) is 24.3 Å². The molecular weight excluding hydrogens is 1130 g/mol. The third-order valence-electron chi connectivity index (χ3n) is 13.8. The molecule has 4 aromatic carbocycles. The summed E-state index contributed by atoms with van der Waals surface area (Å²) >= 11 is 0. The number of primary amides is 1. The van der Waals surface area contributed by atoms with Gasteiger partial charge in [0.2, 0.25) is 0 Å². The van der Waals surface area contributed by atoms with Crippen LogP contribution in [0.4, 0.5) is 0 Å². The summed E-state index contributed by atoms with van der Waals surface area (Å²) < 4.78 is 21.8. The number of aliphatic carboxylic acids is 1. The van der Waals surface area contributed by atoms with Gasteiger partial charge in [0.25, 0.3) is 23.6 Å². The molecule has 27 nitrogen and oxygen atoms in total. The van der Waals surface area contributed by atoms with Gasteiger partial charge in [-0.15, -0.1) is 0 Å². The van der Waals surface area contributed by atoms with E-state index in [0.29, 0.717) is 35.1 Å². The van der Waals surface area contributed by atoms with E-state index in [1.807, 2.05) is 0 Å². The van der Waals surface area contributed by atoms with Crippen molar-refractivity contribution in [3.8, 4) is 23.0 Å². The number of ketones is 4. The molecule has 0 fully saturated rings. The Balaban J connectivity index is 1.61. The number of ether oxygens (including phenoxy) is 4. The van der Waals surface area contributed by atoms with Crippen molar-refractivity contribution < 1.29 is 67.2 Å². The molecule has 0 saturated carbocycles. The number of carbonyl (C=O) groups is 9. The summed E-state index contributed by atoms with van der Waals surface area (Å²) in [5.74, 6) is -5.74. The van der Waals surface area contributed by atoms with Gasteiger partial charge < -0.3 is 80.1 Å². The fraction of sp³-hybridized carbons (Fsp3) is 0.400. The number of benzene rings is 4. The summed E-state index contributed by atoms with van der Waals surface area (Å²) in [6.45, 7) is 0.212. The maximum atomic E-state index is 14.4. The molecule has 468 valence electrons. The highest BCUT2D eigenvalue weighted by Crippen LogP contribution is 2.26. The van der Waals surface area contributed by atoms with E-state index in [4.69, 9.17) is 69.6 Å². The third-order valence-corrected chi connectivity index (χ3v) is 13.8. The summed E-state index contributed by atoms with van der Waals surface area (Å²) in [5.41, 5.74) is 40.8. The Morgan fingerprint density at radius 1 is 0.460 bits per heavy atom. The number of guanidine groups is 2. The highest BCUT2D eigenvalue weighted by atomic mass is 16.5. The number of hydrogen-bond acceptors (Lipinski definition) is 17. The van der Waals surface area contributed by atoms with Crippen LogP contribution in [0.3, 0.4) is 0 Å². The van der Waals surface area contributed by atoms with Crippen LogP contribution in [0, 0.1) is 5.41 Å². The molecule has 4 amide bonds. The quantitative estimate of drug-likeness (QED) is 0.0171. The first-order chi connectivity index (χ1) is 41.4. The molecule has 0 saturated heterocycles. The van der Waals surface area contributed by atoms with Gasteiger partial charge in [-0.2, -0.15) is 0 Å². The molecule has 0 unspecified atom stereocenters. The van der Waals surface area contributed by atoms with E-state index in [-0.39, 0.29) is 153 Å². The Kier molecular flexibility index (Phi) is 27.8. The molecule has 19 N–H and O–H groups in total. The van der Waals surface area contributed by atoms with Crippen LogP contribution in [-0.4, -0.2) is 141 Å².